The van der Waals surface area contributed by atoms with Crippen LogP contribution in [0.25, 0.3) is 5.69 Å². The van der Waals surface area contributed by atoms with Gasteiger partial charge in [0.1, 0.15) is 23.0 Å². The van der Waals surface area contributed by atoms with Gasteiger partial charge in [0.15, 0.2) is 0 Å². The molecule has 0 aliphatic carbocycles. The first-order valence-electron chi connectivity index (χ1n) is 9.00. The zero-order valence-corrected chi connectivity index (χ0v) is 17.5. The number of benzene rings is 1. The summed E-state index contributed by atoms with van der Waals surface area (Å²) in [5.41, 5.74) is 10.3. The van der Waals surface area contributed by atoms with Crippen LogP contribution >= 0.6 is 11.8 Å². The molecule has 0 unspecified atom stereocenters. The van der Waals surface area contributed by atoms with Gasteiger partial charge in [-0.1, -0.05) is 29.5 Å². The Morgan fingerprint density at radius 3 is 2.47 bits per heavy atom. The highest BCUT2D eigenvalue weighted by Crippen LogP contribution is 2.26. The molecule has 0 atom stereocenters. The maximum atomic E-state index is 12.5. The van der Waals surface area contributed by atoms with Crippen molar-refractivity contribution in [3.8, 4) is 17.8 Å². The van der Waals surface area contributed by atoms with E-state index in [0.717, 1.165) is 28.7 Å². The number of aromatic nitrogens is 3. The lowest BCUT2D eigenvalue weighted by atomic mass is 10.2. The van der Waals surface area contributed by atoms with Crippen molar-refractivity contribution in [2.24, 2.45) is 0 Å². The van der Waals surface area contributed by atoms with Crippen LogP contribution < -0.4 is 11.1 Å². The fourth-order valence-electron chi connectivity index (χ4n) is 2.86. The van der Waals surface area contributed by atoms with E-state index in [1.54, 1.807) is 4.68 Å². The van der Waals surface area contributed by atoms with E-state index in [4.69, 9.17) is 11.0 Å². The SMILES string of the molecule is Cc1ccc(-n2nc(C)c(NC(=O)CSc3nc(N)c(C#N)cc3C#N)c2C)cc1. The van der Waals surface area contributed by atoms with Crippen molar-refractivity contribution in [1.29, 1.82) is 10.5 Å². The summed E-state index contributed by atoms with van der Waals surface area (Å²) in [5.74, 6) is -0.199. The number of carbonyl (C=O) groups excluding carboxylic acids is 1. The van der Waals surface area contributed by atoms with Crippen molar-refractivity contribution >= 4 is 29.2 Å². The third-order valence-electron chi connectivity index (χ3n) is 4.43. The molecule has 1 aromatic carbocycles. The molecule has 0 spiro atoms. The van der Waals surface area contributed by atoms with Crippen LogP contribution in [-0.4, -0.2) is 26.4 Å². The fourth-order valence-corrected chi connectivity index (χ4v) is 3.62. The molecule has 0 aliphatic rings. The molecule has 2 heterocycles. The zero-order chi connectivity index (χ0) is 21.8. The third kappa shape index (κ3) is 4.27. The standard InChI is InChI=1S/C21H19N7OS/c1-12-4-6-17(7-5-12)28-14(3)19(13(2)27-28)25-18(29)11-30-21-16(10-23)8-15(9-22)20(24)26-21/h4-8H,11H2,1-3H3,(H2,24,26)(H,25,29). The van der Waals surface area contributed by atoms with Crippen molar-refractivity contribution < 1.29 is 4.79 Å². The number of rotatable bonds is 5. The number of aryl methyl sites for hydroxylation is 2. The number of anilines is 2. The second kappa shape index (κ2) is 8.68. The van der Waals surface area contributed by atoms with E-state index < -0.39 is 0 Å². The van der Waals surface area contributed by atoms with E-state index in [0.29, 0.717) is 16.4 Å². The van der Waals surface area contributed by atoms with E-state index >= 15 is 0 Å². The number of pyridine rings is 1. The van der Waals surface area contributed by atoms with Gasteiger partial charge in [0, 0.05) is 0 Å². The van der Waals surface area contributed by atoms with Gasteiger partial charge in [0.05, 0.1) is 39.6 Å². The summed E-state index contributed by atoms with van der Waals surface area (Å²) in [5, 5.41) is 26.0. The van der Waals surface area contributed by atoms with Crippen LogP contribution in [0.4, 0.5) is 11.5 Å². The molecule has 9 heteroatoms. The molecule has 1 amide bonds. The van der Waals surface area contributed by atoms with Crippen molar-refractivity contribution in [1.82, 2.24) is 14.8 Å². The number of nitrogens with one attached hydrogen (secondary N) is 1. The Hall–Kier alpha value is -3.82. The molecule has 8 nitrogen and oxygen atoms in total. The molecule has 0 saturated carbocycles. The van der Waals surface area contributed by atoms with E-state index in [1.807, 2.05) is 57.2 Å². The van der Waals surface area contributed by atoms with Crippen LogP contribution in [0.1, 0.15) is 28.1 Å². The summed E-state index contributed by atoms with van der Waals surface area (Å²) in [6.07, 6.45) is 0. The van der Waals surface area contributed by atoms with E-state index in [2.05, 4.69) is 15.4 Å². The molecule has 2 aromatic heterocycles. The van der Waals surface area contributed by atoms with Gasteiger partial charge in [0.2, 0.25) is 5.91 Å². The number of nitrogens with two attached hydrogens (primary N) is 1. The molecule has 0 saturated heterocycles. The Bertz CT molecular complexity index is 1200. The van der Waals surface area contributed by atoms with Crippen LogP contribution in [0.2, 0.25) is 0 Å². The molecule has 30 heavy (non-hydrogen) atoms. The minimum absolute atomic E-state index is 0.0294. The topological polar surface area (TPSA) is 133 Å². The van der Waals surface area contributed by atoms with Crippen LogP contribution in [0.3, 0.4) is 0 Å². The average Bonchev–Trinajstić information content (AvgIpc) is 3.01. The second-order valence-electron chi connectivity index (χ2n) is 6.63. The van der Waals surface area contributed by atoms with Gasteiger partial charge in [0.25, 0.3) is 0 Å². The molecular weight excluding hydrogens is 398 g/mol. The van der Waals surface area contributed by atoms with Gasteiger partial charge < -0.3 is 11.1 Å². The second-order valence-corrected chi connectivity index (χ2v) is 7.59. The monoisotopic (exact) mass is 417 g/mol. The van der Waals surface area contributed by atoms with Crippen molar-refractivity contribution in [2.75, 3.05) is 16.8 Å². The van der Waals surface area contributed by atoms with Crippen molar-refractivity contribution in [2.45, 2.75) is 25.8 Å². The summed E-state index contributed by atoms with van der Waals surface area (Å²) in [7, 11) is 0. The van der Waals surface area contributed by atoms with Gasteiger partial charge in [-0.05, 0) is 39.0 Å². The number of thioether (sulfide) groups is 1. The summed E-state index contributed by atoms with van der Waals surface area (Å²) in [6, 6.07) is 13.2. The zero-order valence-electron chi connectivity index (χ0n) is 16.7. The Morgan fingerprint density at radius 2 is 1.83 bits per heavy atom. The minimum Gasteiger partial charge on any atom is -0.383 e. The first kappa shape index (κ1) is 20.9. The van der Waals surface area contributed by atoms with Gasteiger partial charge >= 0.3 is 0 Å². The number of nitriles is 2. The third-order valence-corrected chi connectivity index (χ3v) is 5.42. The van der Waals surface area contributed by atoms with Crippen LogP contribution in [0.5, 0.6) is 0 Å². The predicted molar refractivity (Wildman–Crippen MR) is 115 cm³/mol. The highest BCUT2D eigenvalue weighted by atomic mass is 32.2. The molecule has 150 valence electrons. The first-order valence-corrected chi connectivity index (χ1v) is 9.99. The van der Waals surface area contributed by atoms with Gasteiger partial charge in [-0.25, -0.2) is 9.67 Å². The molecule has 0 bridgehead atoms. The summed E-state index contributed by atoms with van der Waals surface area (Å²) in [6.45, 7) is 5.73. The molecule has 3 N–H and O–H groups in total. The number of carbonyl (C=O) groups is 1. The molecule has 3 rings (SSSR count). The van der Waals surface area contributed by atoms with Gasteiger partial charge in [-0.15, -0.1) is 0 Å². The maximum Gasteiger partial charge on any atom is 0.234 e. The van der Waals surface area contributed by atoms with Gasteiger partial charge in [-0.2, -0.15) is 15.6 Å². The molecular formula is C21H19N7OS. The normalized spacial score (nSPS) is 10.3. The Kier molecular flexibility index (Phi) is 6.05. The van der Waals surface area contributed by atoms with Crippen LogP contribution in [-0.2, 0) is 4.79 Å². The summed E-state index contributed by atoms with van der Waals surface area (Å²) < 4.78 is 1.79. The molecule has 3 aromatic rings. The lowest BCUT2D eigenvalue weighted by Gasteiger charge is -2.08. The lowest BCUT2D eigenvalue weighted by Crippen LogP contribution is -2.15. The Balaban J connectivity index is 1.75. The summed E-state index contributed by atoms with van der Waals surface area (Å²) in [4.78, 5) is 16.6. The van der Waals surface area contributed by atoms with E-state index in [1.165, 1.54) is 6.07 Å². The smallest absolute Gasteiger partial charge is 0.234 e. The Morgan fingerprint density at radius 1 is 1.17 bits per heavy atom. The molecule has 0 radical (unpaired) electrons. The highest BCUT2D eigenvalue weighted by molar-refractivity contribution is 8.00. The maximum absolute atomic E-state index is 12.5. The predicted octanol–water partition coefficient (Wildman–Crippen LogP) is 3.25. The fraction of sp³-hybridized carbons (Fsp3) is 0.190. The van der Waals surface area contributed by atoms with Crippen molar-refractivity contribution in [3.63, 3.8) is 0 Å². The van der Waals surface area contributed by atoms with Crippen LogP contribution in [0.15, 0.2) is 35.4 Å². The minimum atomic E-state index is -0.261. The first-order chi connectivity index (χ1) is 14.3. The highest BCUT2D eigenvalue weighted by Gasteiger charge is 2.17. The quantitative estimate of drug-likeness (QED) is 0.609. The molecule has 0 fully saturated rings. The van der Waals surface area contributed by atoms with Crippen molar-refractivity contribution in [3.05, 3.63) is 58.4 Å². The van der Waals surface area contributed by atoms with Crippen LogP contribution in [0, 0.1) is 43.4 Å². The number of nitrogen functional groups attached to an aromatic ring is 1. The van der Waals surface area contributed by atoms with E-state index in [9.17, 15) is 10.1 Å². The number of hydrogen-bond donors (Lipinski definition) is 2. The Labute approximate surface area is 178 Å². The number of nitrogens with zero attached hydrogens (tertiary/aromatic N) is 5. The summed E-state index contributed by atoms with van der Waals surface area (Å²) >= 11 is 1.09. The van der Waals surface area contributed by atoms with Gasteiger partial charge in [-0.3, -0.25) is 4.79 Å². The average molecular weight is 417 g/mol. The number of amides is 1. The lowest BCUT2D eigenvalue weighted by molar-refractivity contribution is -0.113. The largest absolute Gasteiger partial charge is 0.383 e. The van der Waals surface area contributed by atoms with E-state index in [-0.39, 0.29) is 28.6 Å². The molecule has 0 aliphatic heterocycles. The number of hydrogen-bond acceptors (Lipinski definition) is 7.